The number of rotatable bonds is 9. The molecule has 0 unspecified atom stereocenters. The third kappa shape index (κ3) is 8.49. The number of nitrogens with one attached hydrogen (secondary N) is 1. The molecule has 204 valence electrons. The monoisotopic (exact) mass is 563 g/mol. The molecule has 2 amide bonds. The van der Waals surface area contributed by atoms with E-state index >= 15 is 0 Å². The molecule has 2 aromatic rings. The fraction of sp³-hybridized carbons (Fsp3) is 0.542. The minimum absolute atomic E-state index is 0.0476. The van der Waals surface area contributed by atoms with E-state index in [0.717, 1.165) is 49.6 Å². The van der Waals surface area contributed by atoms with Crippen LogP contribution in [0.25, 0.3) is 0 Å². The molecule has 1 fully saturated rings. The van der Waals surface area contributed by atoms with E-state index in [1.54, 1.807) is 18.7 Å². The Bertz CT molecular complexity index is 1100. The predicted molar refractivity (Wildman–Crippen MR) is 134 cm³/mol. The van der Waals surface area contributed by atoms with Gasteiger partial charge in [-0.3, -0.25) is 10.1 Å². The summed E-state index contributed by atoms with van der Waals surface area (Å²) in [5, 5.41) is 12.4. The number of carbonyl (C=O) groups excluding carboxylic acids is 1. The lowest BCUT2D eigenvalue weighted by molar-refractivity contribution is -0.275. The maximum Gasteiger partial charge on any atom is 0.573 e. The van der Waals surface area contributed by atoms with E-state index in [4.69, 9.17) is 0 Å². The number of thiazole rings is 1. The van der Waals surface area contributed by atoms with Gasteiger partial charge in [-0.2, -0.15) is 0 Å². The molecular formula is C24H29F4N3O4S2. The lowest BCUT2D eigenvalue weighted by Crippen LogP contribution is -2.45. The summed E-state index contributed by atoms with van der Waals surface area (Å²) in [7, 11) is 0. The standard InChI is InChI=1S/C24H29F4N3O4S2/c1-14-4-7-16(8-5-14)31(11-10-15-6-9-18(17(25)12-15)35-24(26,27)28)22(34)30-21-29-13-19(36-21)37-23(2,3)20(32)33/h6,9,12-14,16H,4-5,7-8,10-11H2,1-3H3,(H,32,33)(H,29,30,34). The molecule has 0 spiro atoms. The van der Waals surface area contributed by atoms with Crippen molar-refractivity contribution in [3.63, 3.8) is 0 Å². The van der Waals surface area contributed by atoms with Crippen LogP contribution in [-0.4, -0.2) is 50.7 Å². The van der Waals surface area contributed by atoms with Crippen LogP contribution in [0.3, 0.4) is 0 Å². The van der Waals surface area contributed by atoms with E-state index in [-0.39, 0.29) is 25.0 Å². The van der Waals surface area contributed by atoms with Crippen molar-refractivity contribution in [3.05, 3.63) is 35.8 Å². The number of aromatic nitrogens is 1. The molecule has 0 saturated heterocycles. The second kappa shape index (κ2) is 11.9. The van der Waals surface area contributed by atoms with Crippen molar-refractivity contribution in [3.8, 4) is 5.75 Å². The number of benzene rings is 1. The van der Waals surface area contributed by atoms with Crippen LogP contribution < -0.4 is 10.1 Å². The van der Waals surface area contributed by atoms with E-state index in [1.807, 2.05) is 0 Å². The maximum atomic E-state index is 14.2. The first-order valence-electron chi connectivity index (χ1n) is 11.7. The lowest BCUT2D eigenvalue weighted by Gasteiger charge is -2.36. The average Bonchev–Trinajstić information content (AvgIpc) is 3.21. The highest BCUT2D eigenvalue weighted by molar-refractivity contribution is 8.03. The number of carbonyl (C=O) groups is 2. The second-order valence-corrected chi connectivity index (χ2v) is 12.5. The highest BCUT2D eigenvalue weighted by Gasteiger charge is 2.33. The zero-order valence-electron chi connectivity index (χ0n) is 20.6. The van der Waals surface area contributed by atoms with Crippen molar-refractivity contribution in [2.75, 3.05) is 11.9 Å². The van der Waals surface area contributed by atoms with Crippen LogP contribution in [-0.2, 0) is 11.2 Å². The van der Waals surface area contributed by atoms with Crippen molar-refractivity contribution in [1.29, 1.82) is 0 Å². The molecule has 0 atom stereocenters. The van der Waals surface area contributed by atoms with Crippen molar-refractivity contribution < 1.29 is 37.0 Å². The maximum absolute atomic E-state index is 14.2. The van der Waals surface area contributed by atoms with Gasteiger partial charge in [0.1, 0.15) is 4.75 Å². The van der Waals surface area contributed by atoms with Gasteiger partial charge >= 0.3 is 18.4 Å². The quantitative estimate of drug-likeness (QED) is 0.258. The Balaban J connectivity index is 1.70. The van der Waals surface area contributed by atoms with Crippen LogP contribution in [0.15, 0.2) is 28.6 Å². The summed E-state index contributed by atoms with van der Waals surface area (Å²) < 4.78 is 54.7. The molecule has 1 aliphatic rings. The number of ether oxygens (including phenoxy) is 1. The minimum Gasteiger partial charge on any atom is -0.480 e. The molecule has 37 heavy (non-hydrogen) atoms. The zero-order chi connectivity index (χ0) is 27.4. The number of urea groups is 1. The van der Waals surface area contributed by atoms with Gasteiger partial charge in [-0.05, 0) is 69.6 Å². The molecule has 2 N–H and O–H groups in total. The van der Waals surface area contributed by atoms with Crippen LogP contribution in [0.4, 0.5) is 27.5 Å². The van der Waals surface area contributed by atoms with Crippen molar-refractivity contribution in [2.24, 2.45) is 5.92 Å². The van der Waals surface area contributed by atoms with Gasteiger partial charge in [-0.25, -0.2) is 14.2 Å². The first-order chi connectivity index (χ1) is 17.2. The number of halogens is 4. The number of nitrogens with zero attached hydrogens (tertiary/aromatic N) is 2. The van der Waals surface area contributed by atoms with E-state index in [0.29, 0.717) is 20.8 Å². The van der Waals surface area contributed by atoms with Gasteiger partial charge in [0.15, 0.2) is 16.7 Å². The lowest BCUT2D eigenvalue weighted by atomic mass is 9.86. The van der Waals surface area contributed by atoms with Gasteiger partial charge in [-0.1, -0.05) is 36.1 Å². The van der Waals surface area contributed by atoms with Crippen molar-refractivity contribution in [1.82, 2.24) is 9.88 Å². The number of anilines is 1. The molecular weight excluding hydrogens is 534 g/mol. The van der Waals surface area contributed by atoms with Crippen LogP contribution in [0.2, 0.25) is 0 Å². The Morgan fingerprint density at radius 2 is 1.92 bits per heavy atom. The summed E-state index contributed by atoms with van der Waals surface area (Å²) in [5.41, 5.74) is 0.429. The number of aliphatic carboxylic acids is 1. The smallest absolute Gasteiger partial charge is 0.480 e. The summed E-state index contributed by atoms with van der Waals surface area (Å²) in [5.74, 6) is -2.46. The fourth-order valence-electron chi connectivity index (χ4n) is 3.98. The highest BCUT2D eigenvalue weighted by atomic mass is 32.2. The Labute approximate surface area is 220 Å². The predicted octanol–water partition coefficient (Wildman–Crippen LogP) is 6.79. The van der Waals surface area contributed by atoms with Crippen molar-refractivity contribution in [2.45, 2.75) is 74.2 Å². The van der Waals surface area contributed by atoms with Crippen LogP contribution in [0, 0.1) is 11.7 Å². The molecule has 7 nitrogen and oxygen atoms in total. The zero-order valence-corrected chi connectivity index (χ0v) is 22.2. The molecule has 1 aromatic carbocycles. The third-order valence-corrected chi connectivity index (χ3v) is 8.32. The number of hydrogen-bond donors (Lipinski definition) is 2. The number of alkyl halides is 3. The molecule has 1 saturated carbocycles. The third-order valence-electron chi connectivity index (χ3n) is 6.12. The Morgan fingerprint density at radius 1 is 1.24 bits per heavy atom. The molecule has 1 heterocycles. The minimum atomic E-state index is -4.99. The van der Waals surface area contributed by atoms with Gasteiger partial charge in [0.05, 0.1) is 10.4 Å². The molecule has 3 rings (SSSR count). The highest BCUT2D eigenvalue weighted by Crippen LogP contribution is 2.38. The number of carboxylic acid groups (broad SMARTS) is 1. The molecule has 1 aromatic heterocycles. The molecule has 0 radical (unpaired) electrons. The topological polar surface area (TPSA) is 91.8 Å². The van der Waals surface area contributed by atoms with Gasteiger partial charge < -0.3 is 14.7 Å². The van der Waals surface area contributed by atoms with Crippen LogP contribution in [0.5, 0.6) is 5.75 Å². The van der Waals surface area contributed by atoms with Crippen LogP contribution in [0.1, 0.15) is 52.0 Å². The Hall–Kier alpha value is -2.54. The summed E-state index contributed by atoms with van der Waals surface area (Å²) in [6.45, 7) is 5.53. The molecule has 1 aliphatic carbocycles. The average molecular weight is 564 g/mol. The van der Waals surface area contributed by atoms with E-state index < -0.39 is 28.6 Å². The van der Waals surface area contributed by atoms with E-state index in [1.165, 1.54) is 23.6 Å². The van der Waals surface area contributed by atoms with E-state index in [9.17, 15) is 32.3 Å². The van der Waals surface area contributed by atoms with Gasteiger partial charge in [0, 0.05) is 12.6 Å². The van der Waals surface area contributed by atoms with Gasteiger partial charge in [0.2, 0.25) is 0 Å². The SMILES string of the molecule is CC1CCC(N(CCc2ccc(OC(F)(F)F)c(F)c2)C(=O)Nc2ncc(SC(C)(C)C(=O)O)s2)CC1. The second-order valence-electron chi connectivity index (χ2n) is 9.50. The molecule has 13 heteroatoms. The summed E-state index contributed by atoms with van der Waals surface area (Å²) >= 11 is 2.29. The van der Waals surface area contributed by atoms with Gasteiger partial charge in [0.25, 0.3) is 0 Å². The summed E-state index contributed by atoms with van der Waals surface area (Å²) in [4.78, 5) is 30.5. The summed E-state index contributed by atoms with van der Waals surface area (Å²) in [6, 6.07) is 2.82. The number of amides is 2. The van der Waals surface area contributed by atoms with Gasteiger partial charge in [-0.15, -0.1) is 13.2 Å². The van der Waals surface area contributed by atoms with Crippen molar-refractivity contribution >= 4 is 40.2 Å². The fourth-order valence-corrected chi connectivity index (χ4v) is 6.25. The normalized spacial score (nSPS) is 18.4. The Morgan fingerprint density at radius 3 is 2.51 bits per heavy atom. The Kier molecular flexibility index (Phi) is 9.32. The summed E-state index contributed by atoms with van der Waals surface area (Å²) in [6.07, 6.45) is 0.251. The van der Waals surface area contributed by atoms with Crippen LogP contribution >= 0.6 is 23.1 Å². The van der Waals surface area contributed by atoms with E-state index in [2.05, 4.69) is 22.0 Å². The molecule has 0 bridgehead atoms. The molecule has 0 aliphatic heterocycles. The number of carboxylic acids is 1. The first kappa shape index (κ1) is 29.0. The number of hydrogen-bond acceptors (Lipinski definition) is 6. The largest absolute Gasteiger partial charge is 0.573 e. The first-order valence-corrected chi connectivity index (χ1v) is 13.4. The number of thioether (sulfide) groups is 1.